The third-order valence-corrected chi connectivity index (χ3v) is 4.95. The summed E-state index contributed by atoms with van der Waals surface area (Å²) in [5.41, 5.74) is -0.454. The molecule has 0 radical (unpaired) electrons. The number of alkyl halides is 3. The number of benzene rings is 2. The van der Waals surface area contributed by atoms with Gasteiger partial charge in [-0.25, -0.2) is 9.78 Å². The smallest absolute Gasteiger partial charge is 0.435 e. The summed E-state index contributed by atoms with van der Waals surface area (Å²) < 4.78 is 42.0. The Hall–Kier alpha value is -3.68. The number of carbonyl (C=O) groups is 1. The molecule has 1 N–H and O–H groups in total. The first kappa shape index (κ1) is 19.6. The molecule has 30 heavy (non-hydrogen) atoms. The summed E-state index contributed by atoms with van der Waals surface area (Å²) in [5.74, 6) is -1.79. The van der Waals surface area contributed by atoms with Crippen molar-refractivity contribution in [2.75, 3.05) is 0 Å². The molecule has 0 saturated carbocycles. The fourth-order valence-corrected chi connectivity index (χ4v) is 3.55. The predicted molar refractivity (Wildman–Crippen MR) is 105 cm³/mol. The van der Waals surface area contributed by atoms with Crippen LogP contribution in [0, 0.1) is 6.92 Å². The number of carboxylic acids is 1. The van der Waals surface area contributed by atoms with Crippen molar-refractivity contribution >= 4 is 16.7 Å². The summed E-state index contributed by atoms with van der Waals surface area (Å²) in [5, 5.41) is 11.4. The summed E-state index contributed by atoms with van der Waals surface area (Å²) in [6.45, 7) is 1.76. The topological polar surface area (TPSA) is 68.0 Å². The monoisotopic (exact) mass is 411 g/mol. The maximum absolute atomic E-state index is 13.6. The Balaban J connectivity index is 2.01. The van der Waals surface area contributed by atoms with Crippen molar-refractivity contribution in [2.45, 2.75) is 19.6 Å². The number of rotatable bonds is 4. The Morgan fingerprint density at radius 1 is 1.10 bits per heavy atom. The van der Waals surface area contributed by atoms with E-state index >= 15 is 0 Å². The summed E-state index contributed by atoms with van der Waals surface area (Å²) in [6, 6.07) is 14.4. The second kappa shape index (κ2) is 7.29. The summed E-state index contributed by atoms with van der Waals surface area (Å²) in [7, 11) is 0. The van der Waals surface area contributed by atoms with Crippen molar-refractivity contribution in [1.82, 2.24) is 14.5 Å². The van der Waals surface area contributed by atoms with Crippen LogP contribution in [0.5, 0.6) is 0 Å². The maximum Gasteiger partial charge on any atom is 0.435 e. The predicted octanol–water partition coefficient (Wildman–Crippen LogP) is 5.17. The first-order valence-corrected chi connectivity index (χ1v) is 9.06. The quantitative estimate of drug-likeness (QED) is 0.503. The van der Waals surface area contributed by atoms with E-state index in [9.17, 15) is 23.1 Å². The van der Waals surface area contributed by atoms with Crippen molar-refractivity contribution in [3.63, 3.8) is 0 Å². The summed E-state index contributed by atoms with van der Waals surface area (Å²) in [6.07, 6.45) is -2.07. The average Bonchev–Trinajstić information content (AvgIpc) is 3.11. The average molecular weight is 411 g/mol. The molecule has 2 heterocycles. The van der Waals surface area contributed by atoms with Crippen LogP contribution < -0.4 is 0 Å². The maximum atomic E-state index is 13.6. The van der Waals surface area contributed by atoms with E-state index in [4.69, 9.17) is 0 Å². The number of aromatic carboxylic acids is 1. The van der Waals surface area contributed by atoms with Gasteiger partial charge >= 0.3 is 12.1 Å². The summed E-state index contributed by atoms with van der Waals surface area (Å²) in [4.78, 5) is 19.5. The van der Waals surface area contributed by atoms with Gasteiger partial charge in [-0.3, -0.25) is 4.98 Å². The number of fused-ring (bicyclic) bond motifs is 1. The number of imidazole rings is 1. The van der Waals surface area contributed by atoms with Crippen molar-refractivity contribution in [3.8, 4) is 11.4 Å². The van der Waals surface area contributed by atoms with Crippen LogP contribution >= 0.6 is 0 Å². The van der Waals surface area contributed by atoms with Gasteiger partial charge in [0.1, 0.15) is 5.82 Å². The molecular formula is C22H16F3N3O2. The highest BCUT2D eigenvalue weighted by Crippen LogP contribution is 2.35. The molecule has 0 aliphatic carbocycles. The van der Waals surface area contributed by atoms with Crippen molar-refractivity contribution in [1.29, 1.82) is 0 Å². The van der Waals surface area contributed by atoms with Crippen LogP contribution in [-0.2, 0) is 12.7 Å². The Morgan fingerprint density at radius 3 is 2.53 bits per heavy atom. The lowest BCUT2D eigenvalue weighted by Crippen LogP contribution is -2.17. The second-order valence-corrected chi connectivity index (χ2v) is 6.85. The molecule has 0 amide bonds. The van der Waals surface area contributed by atoms with E-state index in [-0.39, 0.29) is 12.4 Å². The van der Waals surface area contributed by atoms with Crippen LogP contribution in [-0.4, -0.2) is 25.6 Å². The minimum Gasteiger partial charge on any atom is -0.477 e. The molecule has 0 aliphatic rings. The molecule has 0 atom stereocenters. The fourth-order valence-electron chi connectivity index (χ4n) is 3.55. The molecule has 0 spiro atoms. The molecule has 0 bridgehead atoms. The number of pyridine rings is 1. The second-order valence-electron chi connectivity index (χ2n) is 6.85. The third kappa shape index (κ3) is 3.41. The van der Waals surface area contributed by atoms with Crippen LogP contribution in [0.4, 0.5) is 13.2 Å². The van der Waals surface area contributed by atoms with E-state index in [0.29, 0.717) is 5.56 Å². The lowest BCUT2D eigenvalue weighted by Gasteiger charge is -2.15. The first-order valence-electron chi connectivity index (χ1n) is 9.06. The van der Waals surface area contributed by atoms with Gasteiger partial charge in [-0.05, 0) is 41.0 Å². The molecule has 2 aromatic carbocycles. The highest BCUT2D eigenvalue weighted by Gasteiger charge is 2.41. The Labute approximate surface area is 169 Å². The Bertz CT molecular complexity index is 1250. The molecule has 0 saturated heterocycles. The number of aryl methyl sites for hydroxylation is 1. The van der Waals surface area contributed by atoms with Crippen molar-refractivity contribution in [3.05, 3.63) is 83.4 Å². The van der Waals surface area contributed by atoms with Gasteiger partial charge in [-0.2, -0.15) is 13.2 Å². The van der Waals surface area contributed by atoms with Crippen LogP contribution in [0.25, 0.3) is 22.2 Å². The number of nitrogens with zero attached hydrogens (tertiary/aromatic N) is 3. The van der Waals surface area contributed by atoms with E-state index in [1.807, 2.05) is 43.3 Å². The standard InChI is InChI=1S/C22H16F3N3O2/c1-13-8-9-14-5-2-3-7-16(14)17(13)12-28-18(21(29)30)19(22(23,24)25)27-20(28)15-6-4-10-26-11-15/h2-11H,12H2,1H3,(H,29,30). The van der Waals surface area contributed by atoms with Crippen LogP contribution in [0.2, 0.25) is 0 Å². The molecule has 4 rings (SSSR count). The number of aromatic nitrogens is 3. The number of halogens is 3. The van der Waals surface area contributed by atoms with Crippen LogP contribution in [0.3, 0.4) is 0 Å². The zero-order valence-corrected chi connectivity index (χ0v) is 15.8. The number of carboxylic acid groups (broad SMARTS) is 1. The van der Waals surface area contributed by atoms with Gasteiger partial charge in [-0.1, -0.05) is 36.4 Å². The number of hydrogen-bond acceptors (Lipinski definition) is 3. The molecule has 4 aromatic rings. The number of hydrogen-bond donors (Lipinski definition) is 1. The van der Waals surface area contributed by atoms with Gasteiger partial charge in [0.25, 0.3) is 0 Å². The lowest BCUT2D eigenvalue weighted by molar-refractivity contribution is -0.141. The van der Waals surface area contributed by atoms with E-state index < -0.39 is 23.5 Å². The van der Waals surface area contributed by atoms with Gasteiger partial charge in [0.05, 0.1) is 6.54 Å². The third-order valence-electron chi connectivity index (χ3n) is 4.95. The van der Waals surface area contributed by atoms with Crippen LogP contribution in [0.1, 0.15) is 27.3 Å². The molecule has 0 aliphatic heterocycles. The summed E-state index contributed by atoms with van der Waals surface area (Å²) >= 11 is 0. The van der Waals surface area contributed by atoms with E-state index in [0.717, 1.165) is 26.5 Å². The van der Waals surface area contributed by atoms with Gasteiger partial charge < -0.3 is 9.67 Å². The van der Waals surface area contributed by atoms with Crippen molar-refractivity contribution < 1.29 is 23.1 Å². The minimum atomic E-state index is -4.91. The van der Waals surface area contributed by atoms with E-state index in [2.05, 4.69) is 9.97 Å². The van der Waals surface area contributed by atoms with E-state index in [1.54, 1.807) is 12.1 Å². The molecule has 8 heteroatoms. The van der Waals surface area contributed by atoms with Gasteiger partial charge in [0.15, 0.2) is 11.4 Å². The molecule has 2 aromatic heterocycles. The highest BCUT2D eigenvalue weighted by atomic mass is 19.4. The largest absolute Gasteiger partial charge is 0.477 e. The molecule has 152 valence electrons. The van der Waals surface area contributed by atoms with Gasteiger partial charge in [-0.15, -0.1) is 0 Å². The molecule has 0 unspecified atom stereocenters. The normalized spacial score (nSPS) is 11.7. The molecule has 5 nitrogen and oxygen atoms in total. The SMILES string of the molecule is Cc1ccc2ccccc2c1Cn1c(-c2cccnc2)nc(C(F)(F)F)c1C(=O)O. The molecular weight excluding hydrogens is 395 g/mol. The zero-order valence-electron chi connectivity index (χ0n) is 15.8. The van der Waals surface area contributed by atoms with Gasteiger partial charge in [0.2, 0.25) is 0 Å². The van der Waals surface area contributed by atoms with Crippen LogP contribution in [0.15, 0.2) is 60.9 Å². The first-order chi connectivity index (χ1) is 14.3. The fraction of sp³-hybridized carbons (Fsp3) is 0.136. The lowest BCUT2D eigenvalue weighted by atomic mass is 9.99. The van der Waals surface area contributed by atoms with Crippen molar-refractivity contribution in [2.24, 2.45) is 0 Å². The highest BCUT2D eigenvalue weighted by molar-refractivity contribution is 5.90. The van der Waals surface area contributed by atoms with Gasteiger partial charge in [0, 0.05) is 18.0 Å². The molecule has 0 fully saturated rings. The zero-order chi connectivity index (χ0) is 21.5. The van der Waals surface area contributed by atoms with E-state index in [1.165, 1.54) is 12.4 Å². The Kier molecular flexibility index (Phi) is 4.77. The Morgan fingerprint density at radius 2 is 1.87 bits per heavy atom. The minimum absolute atomic E-state index is 0.0812.